The van der Waals surface area contributed by atoms with Crippen molar-refractivity contribution in [3.63, 3.8) is 0 Å². The molecule has 1 saturated heterocycles. The normalized spacial score (nSPS) is 15.0. The molecule has 0 bridgehead atoms. The van der Waals surface area contributed by atoms with Gasteiger partial charge in [0.1, 0.15) is 16.9 Å². The van der Waals surface area contributed by atoms with Crippen LogP contribution in [0.15, 0.2) is 48.9 Å². The molecule has 0 aliphatic carbocycles. The first-order valence-electron chi connectivity index (χ1n) is 10.0. The lowest BCUT2D eigenvalue weighted by atomic mass is 10.1. The first kappa shape index (κ1) is 18.7. The number of rotatable bonds is 4. The molecule has 30 heavy (non-hydrogen) atoms. The zero-order chi connectivity index (χ0) is 20.7. The lowest BCUT2D eigenvalue weighted by molar-refractivity contribution is -0.133. The molecule has 5 rings (SSSR count). The van der Waals surface area contributed by atoms with Gasteiger partial charge in [0.05, 0.1) is 22.0 Å². The van der Waals surface area contributed by atoms with Crippen molar-refractivity contribution in [1.29, 1.82) is 0 Å². The van der Waals surface area contributed by atoms with Crippen LogP contribution in [0.2, 0.25) is 0 Å². The number of pyridine rings is 1. The Morgan fingerprint density at radius 1 is 1.17 bits per heavy atom. The van der Waals surface area contributed by atoms with E-state index in [4.69, 9.17) is 10.7 Å². The van der Waals surface area contributed by atoms with Gasteiger partial charge in [-0.05, 0) is 38.0 Å². The molecular weight excluding hydrogens is 396 g/mol. The molecule has 4 heterocycles. The molecule has 0 radical (unpaired) electrons. The van der Waals surface area contributed by atoms with E-state index in [1.807, 2.05) is 48.4 Å². The van der Waals surface area contributed by atoms with E-state index in [2.05, 4.69) is 10.1 Å². The number of hydrogen-bond acceptors (Lipinski definition) is 6. The standard InChI is InChI=1S/C22H22N6OS/c1-14(22(29)27-8-4-5-9-27)28-13-16(12-25-28)15-10-17(20(23)24-11-15)21-26-18-6-2-3-7-19(18)30-21/h2-3,6-7,10-14H,4-5,8-9H2,1H3,(H2,23,24). The molecular formula is C22H22N6OS. The lowest BCUT2D eigenvalue weighted by Gasteiger charge is -2.20. The number of hydrogen-bond donors (Lipinski definition) is 1. The SMILES string of the molecule is CC(C(=O)N1CCCC1)n1cc(-c2cnc(N)c(-c3nc4ccccc4s3)c2)cn1. The first-order valence-corrected chi connectivity index (χ1v) is 10.9. The number of nitrogen functional groups attached to an aromatic ring is 1. The fourth-order valence-corrected chi connectivity index (χ4v) is 4.80. The number of thiazole rings is 1. The predicted octanol–water partition coefficient (Wildman–Crippen LogP) is 3.99. The van der Waals surface area contributed by atoms with Gasteiger partial charge in [0.15, 0.2) is 0 Å². The van der Waals surface area contributed by atoms with Gasteiger partial charge >= 0.3 is 0 Å². The maximum atomic E-state index is 12.7. The summed E-state index contributed by atoms with van der Waals surface area (Å²) in [6, 6.07) is 9.68. The number of amides is 1. The Morgan fingerprint density at radius 2 is 1.97 bits per heavy atom. The molecule has 1 amide bonds. The van der Waals surface area contributed by atoms with Crippen LogP contribution >= 0.6 is 11.3 Å². The highest BCUT2D eigenvalue weighted by molar-refractivity contribution is 7.21. The second-order valence-corrected chi connectivity index (χ2v) is 8.59. The molecule has 7 nitrogen and oxygen atoms in total. The Hall–Kier alpha value is -3.26. The van der Waals surface area contributed by atoms with Gasteiger partial charge in [0.2, 0.25) is 5.91 Å². The zero-order valence-corrected chi connectivity index (χ0v) is 17.5. The van der Waals surface area contributed by atoms with Crippen molar-refractivity contribution in [1.82, 2.24) is 24.6 Å². The Labute approximate surface area is 178 Å². The maximum absolute atomic E-state index is 12.7. The fraction of sp³-hybridized carbons (Fsp3) is 0.273. The average Bonchev–Trinajstić information content (AvgIpc) is 3.53. The molecule has 1 aliphatic rings. The van der Waals surface area contributed by atoms with Gasteiger partial charge in [-0.2, -0.15) is 5.10 Å². The molecule has 0 saturated carbocycles. The number of carbonyl (C=O) groups excluding carboxylic acids is 1. The maximum Gasteiger partial charge on any atom is 0.247 e. The van der Waals surface area contributed by atoms with Crippen molar-refractivity contribution < 1.29 is 4.79 Å². The predicted molar refractivity (Wildman–Crippen MR) is 119 cm³/mol. The van der Waals surface area contributed by atoms with E-state index in [-0.39, 0.29) is 11.9 Å². The minimum Gasteiger partial charge on any atom is -0.383 e. The molecule has 3 aromatic heterocycles. The van der Waals surface area contributed by atoms with Crippen molar-refractivity contribution >= 4 is 33.3 Å². The van der Waals surface area contributed by atoms with E-state index < -0.39 is 0 Å². The van der Waals surface area contributed by atoms with Crippen LogP contribution in [-0.2, 0) is 4.79 Å². The summed E-state index contributed by atoms with van der Waals surface area (Å²) in [6.07, 6.45) is 7.56. The van der Waals surface area contributed by atoms with E-state index in [1.165, 1.54) is 0 Å². The third kappa shape index (κ3) is 3.33. The highest BCUT2D eigenvalue weighted by Crippen LogP contribution is 2.35. The quantitative estimate of drug-likeness (QED) is 0.541. The van der Waals surface area contributed by atoms with Crippen molar-refractivity contribution in [2.24, 2.45) is 0 Å². The van der Waals surface area contributed by atoms with Crippen LogP contribution in [0.3, 0.4) is 0 Å². The molecule has 0 spiro atoms. The van der Waals surface area contributed by atoms with Gasteiger partial charge < -0.3 is 10.6 Å². The molecule has 4 aromatic rings. The van der Waals surface area contributed by atoms with Crippen molar-refractivity contribution in [3.05, 3.63) is 48.9 Å². The van der Waals surface area contributed by atoms with E-state index in [1.54, 1.807) is 28.4 Å². The minimum atomic E-state index is -0.331. The average molecular weight is 419 g/mol. The molecule has 1 aliphatic heterocycles. The number of anilines is 1. The Kier molecular flexibility index (Phi) is 4.71. The smallest absolute Gasteiger partial charge is 0.247 e. The number of likely N-dealkylation sites (tertiary alicyclic amines) is 1. The Morgan fingerprint density at radius 3 is 2.77 bits per heavy atom. The molecule has 8 heteroatoms. The minimum absolute atomic E-state index is 0.118. The summed E-state index contributed by atoms with van der Waals surface area (Å²) in [5, 5.41) is 5.28. The number of carbonyl (C=O) groups is 1. The third-order valence-electron chi connectivity index (χ3n) is 5.55. The van der Waals surface area contributed by atoms with Gasteiger partial charge in [-0.1, -0.05) is 12.1 Å². The van der Waals surface area contributed by atoms with E-state index in [0.717, 1.165) is 57.8 Å². The molecule has 1 atom stereocenters. The summed E-state index contributed by atoms with van der Waals surface area (Å²) in [5.74, 6) is 0.565. The van der Waals surface area contributed by atoms with Crippen molar-refractivity contribution in [2.45, 2.75) is 25.8 Å². The van der Waals surface area contributed by atoms with Crippen molar-refractivity contribution in [3.8, 4) is 21.7 Å². The molecule has 2 N–H and O–H groups in total. The molecule has 1 fully saturated rings. The van der Waals surface area contributed by atoms with Crippen LogP contribution in [0.4, 0.5) is 5.82 Å². The number of aromatic nitrogens is 4. The number of nitrogens with zero attached hydrogens (tertiary/aromatic N) is 5. The molecule has 1 aromatic carbocycles. The topological polar surface area (TPSA) is 89.9 Å². The number of benzene rings is 1. The summed E-state index contributed by atoms with van der Waals surface area (Å²) < 4.78 is 2.84. The summed E-state index contributed by atoms with van der Waals surface area (Å²) in [7, 11) is 0. The third-order valence-corrected chi connectivity index (χ3v) is 6.62. The monoisotopic (exact) mass is 418 g/mol. The molecule has 152 valence electrons. The van der Waals surface area contributed by atoms with E-state index in [0.29, 0.717) is 5.82 Å². The van der Waals surface area contributed by atoms with Gasteiger partial charge in [-0.25, -0.2) is 9.97 Å². The van der Waals surface area contributed by atoms with Crippen LogP contribution in [0, 0.1) is 0 Å². The number of para-hydroxylation sites is 1. The van der Waals surface area contributed by atoms with Crippen molar-refractivity contribution in [2.75, 3.05) is 18.8 Å². The van der Waals surface area contributed by atoms with Gasteiger partial charge in [-0.3, -0.25) is 9.48 Å². The number of fused-ring (bicyclic) bond motifs is 1. The summed E-state index contributed by atoms with van der Waals surface area (Å²) >= 11 is 1.59. The van der Waals surface area contributed by atoms with Crippen LogP contribution in [0.5, 0.6) is 0 Å². The fourth-order valence-electron chi connectivity index (χ4n) is 3.81. The highest BCUT2D eigenvalue weighted by Gasteiger charge is 2.25. The second kappa shape index (κ2) is 7.53. The summed E-state index contributed by atoms with van der Waals surface area (Å²) in [6.45, 7) is 3.57. The van der Waals surface area contributed by atoms with Crippen LogP contribution < -0.4 is 5.73 Å². The summed E-state index contributed by atoms with van der Waals surface area (Å²) in [4.78, 5) is 23.7. The van der Waals surface area contributed by atoms with E-state index in [9.17, 15) is 4.79 Å². The lowest BCUT2D eigenvalue weighted by Crippen LogP contribution is -2.34. The van der Waals surface area contributed by atoms with Crippen LogP contribution in [-0.4, -0.2) is 43.6 Å². The first-order chi connectivity index (χ1) is 14.6. The number of nitrogens with two attached hydrogens (primary N) is 1. The second-order valence-electron chi connectivity index (χ2n) is 7.56. The van der Waals surface area contributed by atoms with E-state index >= 15 is 0 Å². The highest BCUT2D eigenvalue weighted by atomic mass is 32.1. The van der Waals surface area contributed by atoms with Crippen LogP contribution in [0.25, 0.3) is 31.9 Å². The van der Waals surface area contributed by atoms with Gasteiger partial charge in [0.25, 0.3) is 0 Å². The Bertz CT molecular complexity index is 1190. The van der Waals surface area contributed by atoms with Gasteiger partial charge in [0, 0.05) is 36.6 Å². The molecule has 1 unspecified atom stereocenters. The van der Waals surface area contributed by atoms with Gasteiger partial charge in [-0.15, -0.1) is 11.3 Å². The zero-order valence-electron chi connectivity index (χ0n) is 16.7. The Balaban J connectivity index is 1.45. The largest absolute Gasteiger partial charge is 0.383 e. The summed E-state index contributed by atoms with van der Waals surface area (Å²) in [5.41, 5.74) is 9.71. The van der Waals surface area contributed by atoms with Crippen LogP contribution in [0.1, 0.15) is 25.8 Å².